The molecule has 0 aliphatic carbocycles. The van der Waals surface area contributed by atoms with E-state index in [1.54, 1.807) is 12.1 Å². The van der Waals surface area contributed by atoms with E-state index in [4.69, 9.17) is 10.5 Å². The average Bonchev–Trinajstić information content (AvgIpc) is 2.54. The maximum Gasteiger partial charge on any atom is 0.148 e. The zero-order chi connectivity index (χ0) is 17.3. The van der Waals surface area contributed by atoms with Crippen molar-refractivity contribution in [3.8, 4) is 0 Å². The Morgan fingerprint density at radius 3 is 2.71 bits per heavy atom. The van der Waals surface area contributed by atoms with Crippen LogP contribution >= 0.6 is 0 Å². The minimum atomic E-state index is -0.220. The second-order valence-corrected chi connectivity index (χ2v) is 7.66. The second kappa shape index (κ2) is 6.89. The predicted octanol–water partition coefficient (Wildman–Crippen LogP) is 3.03. The van der Waals surface area contributed by atoms with E-state index in [-0.39, 0.29) is 17.5 Å². The molecule has 0 bridgehead atoms. The van der Waals surface area contributed by atoms with E-state index < -0.39 is 0 Å². The van der Waals surface area contributed by atoms with Crippen LogP contribution in [0.1, 0.15) is 33.6 Å². The van der Waals surface area contributed by atoms with Crippen LogP contribution in [0.5, 0.6) is 0 Å². The molecule has 3 rings (SSSR count). The Bertz CT molecular complexity index is 553. The molecule has 2 fully saturated rings. The molecule has 3 atom stereocenters. The van der Waals surface area contributed by atoms with E-state index in [1.165, 1.54) is 6.07 Å². The fraction of sp³-hybridized carbons (Fsp3) is 0.684. The molecule has 2 heterocycles. The molecule has 0 aromatic heterocycles. The number of para-hydroxylation sites is 1. The highest BCUT2D eigenvalue weighted by Gasteiger charge is 2.41. The molecule has 3 N–H and O–H groups in total. The second-order valence-electron chi connectivity index (χ2n) is 7.66. The lowest BCUT2D eigenvalue weighted by Crippen LogP contribution is -2.56. The third kappa shape index (κ3) is 3.38. The number of hydrogen-bond donors (Lipinski definition) is 2. The Kier molecular flexibility index (Phi) is 5.02. The van der Waals surface area contributed by atoms with Crippen LogP contribution in [0.15, 0.2) is 18.2 Å². The van der Waals surface area contributed by atoms with Crippen LogP contribution in [-0.4, -0.2) is 37.9 Å². The molecule has 2 aliphatic heterocycles. The summed E-state index contributed by atoms with van der Waals surface area (Å²) in [6, 6.07) is 4.93. The van der Waals surface area contributed by atoms with E-state index in [9.17, 15) is 4.39 Å². The molecule has 2 saturated heterocycles. The standard InChI is InChI=1S/C19H30FN3O/c1-13-11-22-12-19(3,24-13)14(2)15-7-9-23(10-8-15)18-16(20)5-4-6-17(18)21/h4-6,13-15,22H,7-12,21H2,1-3H3/t13-,14?,19-/m1/s1. The van der Waals surface area contributed by atoms with E-state index >= 15 is 0 Å². The fourth-order valence-electron chi connectivity index (χ4n) is 4.32. The monoisotopic (exact) mass is 335 g/mol. The molecule has 2 aliphatic rings. The van der Waals surface area contributed by atoms with Gasteiger partial charge in [0.15, 0.2) is 0 Å². The number of hydrogen-bond acceptors (Lipinski definition) is 4. The maximum atomic E-state index is 14.1. The summed E-state index contributed by atoms with van der Waals surface area (Å²) < 4.78 is 20.4. The lowest BCUT2D eigenvalue weighted by atomic mass is 9.75. The van der Waals surface area contributed by atoms with Crippen molar-refractivity contribution in [3.05, 3.63) is 24.0 Å². The number of nitrogens with one attached hydrogen (secondary N) is 1. The average molecular weight is 335 g/mol. The highest BCUT2D eigenvalue weighted by molar-refractivity contribution is 5.68. The van der Waals surface area contributed by atoms with Gasteiger partial charge >= 0.3 is 0 Å². The van der Waals surface area contributed by atoms with Crippen molar-refractivity contribution >= 4 is 11.4 Å². The Hall–Kier alpha value is -1.33. The van der Waals surface area contributed by atoms with E-state index in [1.807, 2.05) is 0 Å². The van der Waals surface area contributed by atoms with Gasteiger partial charge in [0.25, 0.3) is 0 Å². The number of rotatable bonds is 3. The van der Waals surface area contributed by atoms with Crippen molar-refractivity contribution in [1.82, 2.24) is 5.32 Å². The minimum absolute atomic E-state index is 0.123. The number of piperidine rings is 1. The predicted molar refractivity (Wildman–Crippen MR) is 96.7 cm³/mol. The Labute approximate surface area is 144 Å². The third-order valence-corrected chi connectivity index (χ3v) is 5.92. The fourth-order valence-corrected chi connectivity index (χ4v) is 4.32. The Morgan fingerprint density at radius 1 is 1.38 bits per heavy atom. The summed E-state index contributed by atoms with van der Waals surface area (Å²) in [4.78, 5) is 2.10. The number of morpholine rings is 1. The lowest BCUT2D eigenvalue weighted by molar-refractivity contribution is -0.139. The van der Waals surface area contributed by atoms with Gasteiger partial charge < -0.3 is 20.7 Å². The van der Waals surface area contributed by atoms with Crippen molar-refractivity contribution < 1.29 is 9.13 Å². The number of nitrogens with zero attached hydrogens (tertiary/aromatic N) is 1. The van der Waals surface area contributed by atoms with Crippen molar-refractivity contribution in [1.29, 1.82) is 0 Å². The first-order valence-electron chi connectivity index (χ1n) is 9.08. The molecule has 4 nitrogen and oxygen atoms in total. The molecule has 0 saturated carbocycles. The molecule has 1 aromatic rings. The smallest absolute Gasteiger partial charge is 0.148 e. The summed E-state index contributed by atoms with van der Waals surface area (Å²) in [5.41, 5.74) is 6.96. The van der Waals surface area contributed by atoms with E-state index in [0.717, 1.165) is 39.0 Å². The molecule has 134 valence electrons. The lowest BCUT2D eigenvalue weighted by Gasteiger charge is -2.47. The molecule has 1 aromatic carbocycles. The summed E-state index contributed by atoms with van der Waals surface area (Å²) in [5.74, 6) is 0.835. The highest BCUT2D eigenvalue weighted by atomic mass is 19.1. The molecule has 0 amide bonds. The van der Waals surface area contributed by atoms with E-state index in [0.29, 0.717) is 23.2 Å². The van der Waals surface area contributed by atoms with Gasteiger partial charge in [-0.2, -0.15) is 0 Å². The summed E-state index contributed by atoms with van der Waals surface area (Å²) in [6.07, 6.45) is 2.34. The van der Waals surface area contributed by atoms with Crippen LogP contribution in [0.4, 0.5) is 15.8 Å². The highest BCUT2D eigenvalue weighted by Crippen LogP contribution is 2.38. The van der Waals surface area contributed by atoms with Crippen LogP contribution in [0.2, 0.25) is 0 Å². The van der Waals surface area contributed by atoms with Crippen LogP contribution in [-0.2, 0) is 4.74 Å². The Morgan fingerprint density at radius 2 is 2.08 bits per heavy atom. The van der Waals surface area contributed by atoms with Gasteiger partial charge in [-0.05, 0) is 50.7 Å². The largest absolute Gasteiger partial charge is 0.397 e. The van der Waals surface area contributed by atoms with Gasteiger partial charge in [0, 0.05) is 26.2 Å². The van der Waals surface area contributed by atoms with Gasteiger partial charge in [-0.15, -0.1) is 0 Å². The van der Waals surface area contributed by atoms with Gasteiger partial charge in [-0.3, -0.25) is 0 Å². The quantitative estimate of drug-likeness (QED) is 0.834. The Balaban J connectivity index is 1.64. The summed E-state index contributed by atoms with van der Waals surface area (Å²) in [6.45, 7) is 10.2. The summed E-state index contributed by atoms with van der Waals surface area (Å²) in [7, 11) is 0. The van der Waals surface area contributed by atoms with Crippen LogP contribution in [0.25, 0.3) is 0 Å². The van der Waals surface area contributed by atoms with Gasteiger partial charge in [0.05, 0.1) is 23.1 Å². The molecular weight excluding hydrogens is 305 g/mol. The van der Waals surface area contributed by atoms with Crippen molar-refractivity contribution in [3.63, 3.8) is 0 Å². The first-order valence-corrected chi connectivity index (χ1v) is 9.08. The maximum absolute atomic E-state index is 14.1. The topological polar surface area (TPSA) is 50.5 Å². The summed E-state index contributed by atoms with van der Waals surface area (Å²) >= 11 is 0. The SMILES string of the molecule is CC(C1CCN(c2c(N)cccc2F)CC1)[C@@]1(C)CNC[C@@H](C)O1. The molecule has 0 spiro atoms. The number of anilines is 2. The normalized spacial score (nSPS) is 30.3. The first kappa shape index (κ1) is 17.5. The number of ether oxygens (including phenoxy) is 1. The minimum Gasteiger partial charge on any atom is -0.397 e. The van der Waals surface area contributed by atoms with Crippen LogP contribution in [0.3, 0.4) is 0 Å². The third-order valence-electron chi connectivity index (χ3n) is 5.92. The van der Waals surface area contributed by atoms with Crippen LogP contribution < -0.4 is 16.0 Å². The van der Waals surface area contributed by atoms with Gasteiger partial charge in [0.1, 0.15) is 5.82 Å². The molecule has 24 heavy (non-hydrogen) atoms. The first-order chi connectivity index (χ1) is 11.4. The van der Waals surface area contributed by atoms with Crippen molar-refractivity contribution in [2.24, 2.45) is 11.8 Å². The molecule has 5 heteroatoms. The number of benzene rings is 1. The summed E-state index contributed by atoms with van der Waals surface area (Å²) in [5, 5.41) is 3.49. The van der Waals surface area contributed by atoms with Gasteiger partial charge in [-0.25, -0.2) is 4.39 Å². The van der Waals surface area contributed by atoms with Gasteiger partial charge in [-0.1, -0.05) is 13.0 Å². The number of nitrogens with two attached hydrogens (primary N) is 1. The van der Waals surface area contributed by atoms with E-state index in [2.05, 4.69) is 31.0 Å². The van der Waals surface area contributed by atoms with Gasteiger partial charge in [0.2, 0.25) is 0 Å². The van der Waals surface area contributed by atoms with Crippen molar-refractivity contribution in [2.45, 2.75) is 45.3 Å². The zero-order valence-corrected chi connectivity index (χ0v) is 15.0. The van der Waals surface area contributed by atoms with Crippen LogP contribution in [0, 0.1) is 17.7 Å². The number of nitrogen functional groups attached to an aromatic ring is 1. The zero-order valence-electron chi connectivity index (χ0n) is 15.0. The molecular formula is C19H30FN3O. The molecule has 1 unspecified atom stereocenters. The van der Waals surface area contributed by atoms with Crippen molar-refractivity contribution in [2.75, 3.05) is 36.8 Å². The number of halogens is 1. The molecule has 0 radical (unpaired) electrons.